The van der Waals surface area contributed by atoms with Crippen molar-refractivity contribution in [2.45, 2.75) is 39.8 Å². The summed E-state index contributed by atoms with van der Waals surface area (Å²) in [6, 6.07) is 14.7. The van der Waals surface area contributed by atoms with Gasteiger partial charge in [0.15, 0.2) is 11.6 Å². The number of pyridine rings is 1. The quantitative estimate of drug-likeness (QED) is 0.698. The number of rotatable bonds is 7. The summed E-state index contributed by atoms with van der Waals surface area (Å²) < 4.78 is 5.58. The van der Waals surface area contributed by atoms with Crippen LogP contribution in [0.4, 0.5) is 5.82 Å². The van der Waals surface area contributed by atoms with Gasteiger partial charge in [-0.05, 0) is 30.7 Å². The van der Waals surface area contributed by atoms with E-state index in [1.165, 1.54) is 5.56 Å². The Labute approximate surface area is 162 Å². The Hall–Kier alpha value is -2.40. The lowest BCUT2D eigenvalue weighted by atomic mass is 10.1. The second-order valence-corrected chi connectivity index (χ2v) is 7.34. The van der Waals surface area contributed by atoms with Gasteiger partial charge >= 0.3 is 5.97 Å². The van der Waals surface area contributed by atoms with Crippen LogP contribution in [0.25, 0.3) is 0 Å². The number of anilines is 1. The van der Waals surface area contributed by atoms with Crippen LogP contribution in [0.2, 0.25) is 0 Å². The molecule has 5 nitrogen and oxygen atoms in total. The molecule has 1 aliphatic rings. The first-order chi connectivity index (χ1) is 13.1. The highest BCUT2D eigenvalue weighted by Crippen LogP contribution is 2.30. The van der Waals surface area contributed by atoms with Crippen LogP contribution in [0.3, 0.4) is 0 Å². The van der Waals surface area contributed by atoms with Crippen LogP contribution in [0.5, 0.6) is 5.75 Å². The molecule has 2 aromatic rings. The van der Waals surface area contributed by atoms with Gasteiger partial charge in [-0.15, -0.1) is 0 Å². The van der Waals surface area contributed by atoms with Gasteiger partial charge in [0.25, 0.3) is 0 Å². The summed E-state index contributed by atoms with van der Waals surface area (Å²) in [5.41, 5.74) is 1.34. The van der Waals surface area contributed by atoms with E-state index in [0.717, 1.165) is 38.4 Å². The molecule has 2 heterocycles. The second-order valence-electron chi connectivity index (χ2n) is 7.34. The normalized spacial score (nSPS) is 16.9. The molecule has 1 aromatic carbocycles. The SMILES string of the molecule is CCN(Cc1ccccc1)[C@@H]1CCN(c2ncccc2OC(=O)C(C)C)C1. The lowest BCUT2D eigenvalue weighted by molar-refractivity contribution is -0.137. The molecule has 3 rings (SSSR count). The van der Waals surface area contributed by atoms with E-state index in [9.17, 15) is 4.79 Å². The number of likely N-dealkylation sites (N-methyl/N-ethyl adjacent to an activating group) is 1. The molecule has 1 fully saturated rings. The Kier molecular flexibility index (Phi) is 6.45. The third kappa shape index (κ3) is 4.86. The largest absolute Gasteiger partial charge is 0.422 e. The number of carbonyl (C=O) groups is 1. The summed E-state index contributed by atoms with van der Waals surface area (Å²) in [5, 5.41) is 0. The molecular formula is C22H29N3O2. The van der Waals surface area contributed by atoms with Crippen LogP contribution in [0.1, 0.15) is 32.8 Å². The van der Waals surface area contributed by atoms with E-state index in [1.54, 1.807) is 6.20 Å². The minimum absolute atomic E-state index is 0.161. The zero-order chi connectivity index (χ0) is 19.2. The van der Waals surface area contributed by atoms with Crippen LogP contribution < -0.4 is 9.64 Å². The Morgan fingerprint density at radius 2 is 2.04 bits per heavy atom. The number of benzene rings is 1. The first-order valence-electron chi connectivity index (χ1n) is 9.78. The average molecular weight is 367 g/mol. The van der Waals surface area contributed by atoms with Crippen LogP contribution in [-0.4, -0.2) is 41.5 Å². The molecule has 0 amide bonds. The minimum atomic E-state index is -0.223. The number of ether oxygens (including phenoxy) is 1. The molecule has 144 valence electrons. The van der Waals surface area contributed by atoms with E-state index < -0.39 is 0 Å². The van der Waals surface area contributed by atoms with Gasteiger partial charge in [-0.2, -0.15) is 0 Å². The van der Waals surface area contributed by atoms with Crippen molar-refractivity contribution in [3.05, 3.63) is 54.2 Å². The van der Waals surface area contributed by atoms with Gasteiger partial charge in [0, 0.05) is 31.9 Å². The first-order valence-corrected chi connectivity index (χ1v) is 9.78. The molecule has 0 N–H and O–H groups in total. The van der Waals surface area contributed by atoms with Crippen molar-refractivity contribution in [1.29, 1.82) is 0 Å². The molecule has 0 radical (unpaired) electrons. The van der Waals surface area contributed by atoms with Crippen LogP contribution in [-0.2, 0) is 11.3 Å². The molecule has 0 saturated carbocycles. The summed E-state index contributed by atoms with van der Waals surface area (Å²) in [6.07, 6.45) is 2.84. The molecule has 5 heteroatoms. The van der Waals surface area contributed by atoms with Crippen molar-refractivity contribution >= 4 is 11.8 Å². The topological polar surface area (TPSA) is 45.7 Å². The molecule has 0 unspecified atom stereocenters. The maximum atomic E-state index is 12.0. The van der Waals surface area contributed by atoms with Crippen molar-refractivity contribution in [2.75, 3.05) is 24.5 Å². The Bertz CT molecular complexity index is 748. The van der Waals surface area contributed by atoms with Gasteiger partial charge in [-0.25, -0.2) is 4.98 Å². The lowest BCUT2D eigenvalue weighted by Gasteiger charge is -2.28. The van der Waals surface area contributed by atoms with Gasteiger partial charge in [0.1, 0.15) is 0 Å². The summed E-state index contributed by atoms with van der Waals surface area (Å²) >= 11 is 0. The molecule has 27 heavy (non-hydrogen) atoms. The number of hydrogen-bond acceptors (Lipinski definition) is 5. The van der Waals surface area contributed by atoms with Crippen molar-refractivity contribution < 1.29 is 9.53 Å². The fourth-order valence-corrected chi connectivity index (χ4v) is 3.47. The van der Waals surface area contributed by atoms with E-state index in [2.05, 4.69) is 52.0 Å². The van der Waals surface area contributed by atoms with E-state index >= 15 is 0 Å². The lowest BCUT2D eigenvalue weighted by Crippen LogP contribution is -2.37. The van der Waals surface area contributed by atoms with Crippen molar-refractivity contribution in [1.82, 2.24) is 9.88 Å². The van der Waals surface area contributed by atoms with Crippen LogP contribution >= 0.6 is 0 Å². The van der Waals surface area contributed by atoms with Gasteiger partial charge in [0.2, 0.25) is 0 Å². The standard InChI is InChI=1S/C22H29N3O2/c1-4-24(15-18-9-6-5-7-10-18)19-12-14-25(16-19)21-20(11-8-13-23-21)27-22(26)17(2)3/h5-11,13,17,19H,4,12,14-16H2,1-3H3/t19-/m1/s1. The molecular weight excluding hydrogens is 338 g/mol. The number of carbonyl (C=O) groups excluding carboxylic acids is 1. The number of hydrogen-bond donors (Lipinski definition) is 0. The molecule has 1 saturated heterocycles. The maximum absolute atomic E-state index is 12.0. The number of esters is 1. The summed E-state index contributed by atoms with van der Waals surface area (Å²) in [5.74, 6) is 0.942. The molecule has 1 aliphatic heterocycles. The highest BCUT2D eigenvalue weighted by atomic mass is 16.5. The Morgan fingerprint density at radius 1 is 1.26 bits per heavy atom. The summed E-state index contributed by atoms with van der Waals surface area (Å²) in [6.45, 7) is 9.66. The minimum Gasteiger partial charge on any atom is -0.422 e. The molecule has 0 spiro atoms. The van der Waals surface area contributed by atoms with Crippen molar-refractivity contribution in [3.63, 3.8) is 0 Å². The number of aromatic nitrogens is 1. The predicted octanol–water partition coefficient (Wildman–Crippen LogP) is 3.74. The monoisotopic (exact) mass is 367 g/mol. The van der Waals surface area contributed by atoms with Crippen molar-refractivity contribution in [3.8, 4) is 5.75 Å². The van der Waals surface area contributed by atoms with Crippen LogP contribution in [0.15, 0.2) is 48.7 Å². The van der Waals surface area contributed by atoms with Gasteiger partial charge < -0.3 is 9.64 Å². The third-order valence-electron chi connectivity index (χ3n) is 5.05. The summed E-state index contributed by atoms with van der Waals surface area (Å²) in [7, 11) is 0. The van der Waals surface area contributed by atoms with E-state index in [-0.39, 0.29) is 11.9 Å². The Balaban J connectivity index is 1.69. The van der Waals surface area contributed by atoms with E-state index in [0.29, 0.717) is 11.8 Å². The zero-order valence-corrected chi connectivity index (χ0v) is 16.5. The second kappa shape index (κ2) is 9.00. The first kappa shape index (κ1) is 19.4. The predicted molar refractivity (Wildman–Crippen MR) is 108 cm³/mol. The fourth-order valence-electron chi connectivity index (χ4n) is 3.47. The van der Waals surface area contributed by atoms with Gasteiger partial charge in [-0.3, -0.25) is 9.69 Å². The maximum Gasteiger partial charge on any atom is 0.313 e. The zero-order valence-electron chi connectivity index (χ0n) is 16.5. The third-order valence-corrected chi connectivity index (χ3v) is 5.05. The van der Waals surface area contributed by atoms with Gasteiger partial charge in [0.05, 0.1) is 5.92 Å². The highest BCUT2D eigenvalue weighted by molar-refractivity contribution is 5.76. The Morgan fingerprint density at radius 3 is 2.74 bits per heavy atom. The van der Waals surface area contributed by atoms with Gasteiger partial charge in [-0.1, -0.05) is 51.1 Å². The van der Waals surface area contributed by atoms with E-state index in [4.69, 9.17) is 4.74 Å². The fraction of sp³-hybridized carbons (Fsp3) is 0.455. The summed E-state index contributed by atoms with van der Waals surface area (Å²) in [4.78, 5) is 21.3. The van der Waals surface area contributed by atoms with E-state index in [1.807, 2.05) is 26.0 Å². The van der Waals surface area contributed by atoms with Crippen LogP contribution in [0, 0.1) is 5.92 Å². The molecule has 0 aliphatic carbocycles. The smallest absolute Gasteiger partial charge is 0.313 e. The molecule has 1 atom stereocenters. The average Bonchev–Trinajstić information content (AvgIpc) is 3.17. The number of nitrogens with zero attached hydrogens (tertiary/aromatic N) is 3. The molecule has 0 bridgehead atoms. The molecule has 1 aromatic heterocycles. The highest BCUT2D eigenvalue weighted by Gasteiger charge is 2.29. The van der Waals surface area contributed by atoms with Crippen molar-refractivity contribution in [2.24, 2.45) is 5.92 Å².